The lowest BCUT2D eigenvalue weighted by atomic mass is 9.99. The van der Waals surface area contributed by atoms with Crippen molar-refractivity contribution in [1.29, 1.82) is 0 Å². The fourth-order valence-electron chi connectivity index (χ4n) is 2.45. The molecule has 0 saturated carbocycles. The lowest BCUT2D eigenvalue weighted by Gasteiger charge is -2.13. The van der Waals surface area contributed by atoms with E-state index in [4.69, 9.17) is 5.73 Å². The van der Waals surface area contributed by atoms with E-state index in [1.54, 1.807) is 16.8 Å². The van der Waals surface area contributed by atoms with Gasteiger partial charge in [-0.25, -0.2) is 4.98 Å². The third-order valence-electron chi connectivity index (χ3n) is 3.81. The highest BCUT2D eigenvalue weighted by molar-refractivity contribution is 7.16. The first kappa shape index (κ1) is 16.0. The maximum Gasteiger partial charge on any atom is 0.416 e. The second-order valence-corrected chi connectivity index (χ2v) is 6.31. The highest BCUT2D eigenvalue weighted by atomic mass is 32.1. The van der Waals surface area contributed by atoms with Gasteiger partial charge in [0.15, 0.2) is 0 Å². The van der Waals surface area contributed by atoms with Crippen LogP contribution in [0.4, 0.5) is 13.2 Å². The lowest BCUT2D eigenvalue weighted by molar-refractivity contribution is -0.137. The molecule has 0 saturated heterocycles. The van der Waals surface area contributed by atoms with Crippen molar-refractivity contribution < 1.29 is 13.2 Å². The van der Waals surface area contributed by atoms with Crippen molar-refractivity contribution in [3.05, 3.63) is 64.7 Å². The van der Waals surface area contributed by atoms with E-state index in [0.29, 0.717) is 12.8 Å². The normalized spacial score (nSPS) is 13.4. The van der Waals surface area contributed by atoms with E-state index >= 15 is 0 Å². The molecule has 1 unspecified atom stereocenters. The van der Waals surface area contributed by atoms with Crippen LogP contribution in [0.2, 0.25) is 0 Å². The number of halogens is 3. The maximum atomic E-state index is 12.5. The zero-order valence-electron chi connectivity index (χ0n) is 12.2. The Morgan fingerprint density at radius 3 is 2.52 bits per heavy atom. The number of benzene rings is 2. The maximum absolute atomic E-state index is 12.5. The summed E-state index contributed by atoms with van der Waals surface area (Å²) in [6.07, 6.45) is -2.98. The second-order valence-electron chi connectivity index (χ2n) is 5.42. The summed E-state index contributed by atoms with van der Waals surface area (Å²) in [5, 5.41) is 0. The summed E-state index contributed by atoms with van der Waals surface area (Å²) in [4.78, 5) is 4.23. The van der Waals surface area contributed by atoms with Gasteiger partial charge in [0.05, 0.1) is 21.3 Å². The molecule has 1 heterocycles. The number of thiazole rings is 1. The molecule has 0 aliphatic rings. The van der Waals surface area contributed by atoms with Gasteiger partial charge in [0.1, 0.15) is 0 Å². The molecule has 2 aromatic carbocycles. The number of alkyl halides is 3. The van der Waals surface area contributed by atoms with Gasteiger partial charge >= 0.3 is 6.18 Å². The van der Waals surface area contributed by atoms with Crippen LogP contribution in [0.1, 0.15) is 29.2 Å². The predicted molar refractivity (Wildman–Crippen MR) is 86.3 cm³/mol. The summed E-state index contributed by atoms with van der Waals surface area (Å²) in [5.74, 6) is 0. The molecule has 0 bridgehead atoms. The van der Waals surface area contributed by atoms with Crippen LogP contribution in [0.5, 0.6) is 0 Å². The van der Waals surface area contributed by atoms with Crippen LogP contribution in [-0.2, 0) is 12.6 Å². The minimum Gasteiger partial charge on any atom is -0.324 e. The molecule has 2 N–H and O–H groups in total. The lowest BCUT2D eigenvalue weighted by Crippen LogP contribution is -2.11. The van der Waals surface area contributed by atoms with Crippen molar-refractivity contribution in [3.63, 3.8) is 0 Å². The number of fused-ring (bicyclic) bond motifs is 1. The Morgan fingerprint density at radius 2 is 1.83 bits per heavy atom. The van der Waals surface area contributed by atoms with Gasteiger partial charge in [-0.1, -0.05) is 18.2 Å². The van der Waals surface area contributed by atoms with Gasteiger partial charge in [0.25, 0.3) is 0 Å². The first-order valence-electron chi connectivity index (χ1n) is 7.18. The third kappa shape index (κ3) is 3.71. The quantitative estimate of drug-likeness (QED) is 0.732. The molecule has 0 amide bonds. The van der Waals surface area contributed by atoms with Crippen LogP contribution >= 0.6 is 11.3 Å². The van der Waals surface area contributed by atoms with E-state index in [1.165, 1.54) is 12.1 Å². The van der Waals surface area contributed by atoms with Gasteiger partial charge < -0.3 is 5.73 Å². The van der Waals surface area contributed by atoms with Crippen molar-refractivity contribution >= 4 is 21.6 Å². The smallest absolute Gasteiger partial charge is 0.324 e. The summed E-state index contributed by atoms with van der Waals surface area (Å²) in [6.45, 7) is 0. The fourth-order valence-corrected chi connectivity index (χ4v) is 3.18. The molecule has 0 aliphatic heterocycles. The number of aryl methyl sites for hydroxylation is 1. The molecule has 0 spiro atoms. The molecule has 1 atom stereocenters. The largest absolute Gasteiger partial charge is 0.416 e. The van der Waals surface area contributed by atoms with Gasteiger partial charge in [-0.05, 0) is 48.2 Å². The standard InChI is InChI=1S/C17H15F3N2S/c18-17(19,20)13-5-1-11(2-6-13)3-7-14(21)12-4-8-15-16(9-12)23-10-22-15/h1-2,4-6,8-10,14H,3,7,21H2. The Hall–Kier alpha value is -1.92. The molecule has 0 aliphatic carbocycles. The number of rotatable bonds is 4. The van der Waals surface area contributed by atoms with Gasteiger partial charge in [-0.15, -0.1) is 11.3 Å². The van der Waals surface area contributed by atoms with Crippen LogP contribution in [0.15, 0.2) is 48.0 Å². The summed E-state index contributed by atoms with van der Waals surface area (Å²) in [5.41, 5.74) is 10.2. The van der Waals surface area contributed by atoms with E-state index in [-0.39, 0.29) is 6.04 Å². The molecule has 23 heavy (non-hydrogen) atoms. The minimum absolute atomic E-state index is 0.149. The first-order valence-corrected chi connectivity index (χ1v) is 8.06. The van der Waals surface area contributed by atoms with Gasteiger partial charge in [0.2, 0.25) is 0 Å². The van der Waals surface area contributed by atoms with Crippen LogP contribution in [0, 0.1) is 0 Å². The minimum atomic E-state index is -4.29. The number of nitrogens with two attached hydrogens (primary N) is 1. The molecular weight excluding hydrogens is 321 g/mol. The highest BCUT2D eigenvalue weighted by Gasteiger charge is 2.29. The SMILES string of the molecule is NC(CCc1ccc(C(F)(F)F)cc1)c1ccc2ncsc2c1. The summed E-state index contributed by atoms with van der Waals surface area (Å²) in [7, 11) is 0. The summed E-state index contributed by atoms with van der Waals surface area (Å²) in [6, 6.07) is 11.0. The number of hydrogen-bond acceptors (Lipinski definition) is 3. The van der Waals surface area contributed by atoms with Crippen molar-refractivity contribution in [1.82, 2.24) is 4.98 Å². The van der Waals surface area contributed by atoms with Crippen LogP contribution in [0.25, 0.3) is 10.2 Å². The Balaban J connectivity index is 1.65. The van der Waals surface area contributed by atoms with Crippen LogP contribution < -0.4 is 5.73 Å². The van der Waals surface area contributed by atoms with E-state index < -0.39 is 11.7 Å². The predicted octanol–water partition coefficient (Wildman–Crippen LogP) is 4.95. The first-order chi connectivity index (χ1) is 10.9. The number of aromatic nitrogens is 1. The molecule has 2 nitrogen and oxygen atoms in total. The Morgan fingerprint density at radius 1 is 1.09 bits per heavy atom. The third-order valence-corrected chi connectivity index (χ3v) is 4.60. The Kier molecular flexibility index (Phi) is 4.37. The second kappa shape index (κ2) is 6.29. The van der Waals surface area contributed by atoms with Gasteiger partial charge in [-0.2, -0.15) is 13.2 Å². The molecule has 120 valence electrons. The Labute approximate surface area is 135 Å². The van der Waals surface area contributed by atoms with E-state index in [0.717, 1.165) is 33.5 Å². The molecular formula is C17H15F3N2S. The molecule has 3 aromatic rings. The van der Waals surface area contributed by atoms with Crippen molar-refractivity contribution in [2.75, 3.05) is 0 Å². The van der Waals surface area contributed by atoms with Crippen LogP contribution in [0.3, 0.4) is 0 Å². The molecule has 1 aromatic heterocycles. The van der Waals surface area contributed by atoms with E-state index in [1.807, 2.05) is 18.2 Å². The summed E-state index contributed by atoms with van der Waals surface area (Å²) >= 11 is 1.56. The van der Waals surface area contributed by atoms with Crippen LogP contribution in [-0.4, -0.2) is 4.98 Å². The van der Waals surface area contributed by atoms with Crippen molar-refractivity contribution in [2.24, 2.45) is 5.73 Å². The molecule has 0 radical (unpaired) electrons. The molecule has 3 rings (SSSR count). The number of hydrogen-bond donors (Lipinski definition) is 1. The van der Waals surface area contributed by atoms with E-state index in [2.05, 4.69) is 4.98 Å². The van der Waals surface area contributed by atoms with E-state index in [9.17, 15) is 13.2 Å². The van der Waals surface area contributed by atoms with Gasteiger partial charge in [0, 0.05) is 6.04 Å². The number of nitrogens with zero attached hydrogens (tertiary/aromatic N) is 1. The zero-order valence-corrected chi connectivity index (χ0v) is 13.0. The zero-order chi connectivity index (χ0) is 16.4. The monoisotopic (exact) mass is 336 g/mol. The average Bonchev–Trinajstić information content (AvgIpc) is 2.99. The average molecular weight is 336 g/mol. The highest BCUT2D eigenvalue weighted by Crippen LogP contribution is 2.29. The Bertz CT molecular complexity index is 793. The summed E-state index contributed by atoms with van der Waals surface area (Å²) < 4.78 is 38.7. The molecule has 6 heteroatoms. The molecule has 0 fully saturated rings. The fraction of sp³-hybridized carbons (Fsp3) is 0.235. The van der Waals surface area contributed by atoms with Crippen molar-refractivity contribution in [2.45, 2.75) is 25.1 Å². The van der Waals surface area contributed by atoms with Gasteiger partial charge in [-0.3, -0.25) is 0 Å². The van der Waals surface area contributed by atoms with Crippen molar-refractivity contribution in [3.8, 4) is 0 Å². The topological polar surface area (TPSA) is 38.9 Å².